The Hall–Kier alpha value is -6.22. The number of carboxylic acids is 1. The van der Waals surface area contributed by atoms with E-state index in [2.05, 4.69) is 159 Å². The van der Waals surface area contributed by atoms with Crippen LogP contribution < -0.4 is 16.0 Å². The van der Waals surface area contributed by atoms with Crippen molar-refractivity contribution in [2.45, 2.75) is 125 Å². The molecule has 0 spiro atoms. The van der Waals surface area contributed by atoms with E-state index in [4.69, 9.17) is 4.43 Å². The first-order chi connectivity index (χ1) is 37.3. The molecule has 0 aromatic heterocycles. The number of aliphatic carboxylic acids is 1. The molecule has 3 amide bonds. The van der Waals surface area contributed by atoms with Crippen LogP contribution in [-0.2, 0) is 33.1 Å². The van der Waals surface area contributed by atoms with Crippen molar-refractivity contribution in [1.82, 2.24) is 16.0 Å². The number of aliphatic hydroxyl groups excluding tert-OH is 1. The van der Waals surface area contributed by atoms with Crippen molar-refractivity contribution in [3.8, 4) is 0 Å². The molecule has 6 aromatic carbocycles. The van der Waals surface area contributed by atoms with Crippen molar-refractivity contribution in [2.75, 3.05) is 11.5 Å². The third-order valence-electron chi connectivity index (χ3n) is 14.9. The van der Waals surface area contributed by atoms with Crippen molar-refractivity contribution >= 4 is 55.5 Å². The Labute approximate surface area is 472 Å². The Bertz CT molecular complexity index is 2650. The van der Waals surface area contributed by atoms with Gasteiger partial charge >= 0.3 is 5.97 Å². The van der Waals surface area contributed by atoms with Gasteiger partial charge in [0.15, 0.2) is 8.32 Å². The minimum absolute atomic E-state index is 0.0712. The number of carboxylic acid groups (broad SMARTS) is 1. The number of benzene rings is 6. The first-order valence-corrected chi connectivity index (χ1v) is 32.0. The smallest absolute Gasteiger partial charge is 0.306 e. The Morgan fingerprint density at radius 3 is 1.36 bits per heavy atom. The number of carbonyl (C=O) groups excluding carboxylic acids is 3. The number of rotatable bonds is 28. The molecule has 0 radical (unpaired) electrons. The van der Waals surface area contributed by atoms with Crippen molar-refractivity contribution in [1.29, 1.82) is 0 Å². The van der Waals surface area contributed by atoms with E-state index in [-0.39, 0.29) is 29.6 Å². The number of aliphatic hydroxyl groups is 1. The Balaban J connectivity index is 1.22. The molecule has 412 valence electrons. The van der Waals surface area contributed by atoms with Gasteiger partial charge < -0.3 is 30.6 Å². The van der Waals surface area contributed by atoms with E-state index in [9.17, 15) is 24.6 Å². The molecular formula is C65H79N3O7S2Si. The van der Waals surface area contributed by atoms with Crippen LogP contribution in [0.25, 0.3) is 0 Å². The highest BCUT2D eigenvalue weighted by atomic mass is 32.2. The highest BCUT2D eigenvalue weighted by molar-refractivity contribution is 8.00. The molecule has 78 heavy (non-hydrogen) atoms. The van der Waals surface area contributed by atoms with Crippen molar-refractivity contribution < 1.29 is 33.8 Å². The second-order valence-corrected chi connectivity index (χ2v) is 28.8. The van der Waals surface area contributed by atoms with Crippen LogP contribution in [0, 0.1) is 5.92 Å². The van der Waals surface area contributed by atoms with E-state index >= 15 is 4.79 Å². The highest BCUT2D eigenvalue weighted by Gasteiger charge is 2.44. The minimum atomic E-state index is -2.56. The highest BCUT2D eigenvalue weighted by Crippen LogP contribution is 2.50. The van der Waals surface area contributed by atoms with Gasteiger partial charge in [0, 0.05) is 5.75 Å². The Kier molecular flexibility index (Phi) is 22.4. The summed E-state index contributed by atoms with van der Waals surface area (Å²) >= 11 is 3.31. The lowest BCUT2D eigenvalue weighted by molar-refractivity contribution is -0.140. The number of hydrogen-bond donors (Lipinski definition) is 5. The molecule has 6 atom stereocenters. The lowest BCUT2D eigenvalue weighted by Crippen LogP contribution is -2.59. The fourth-order valence-corrected chi connectivity index (χ4v) is 13.8. The molecule has 0 heterocycles. The predicted octanol–water partition coefficient (Wildman–Crippen LogP) is 12.5. The van der Waals surface area contributed by atoms with Crippen LogP contribution in [0.2, 0.25) is 18.1 Å². The average molecular weight is 1110 g/mol. The molecule has 0 bridgehead atoms. The molecule has 0 saturated heterocycles. The molecule has 10 nitrogen and oxygen atoms in total. The third-order valence-corrected chi connectivity index (χ3v) is 22.6. The molecule has 0 fully saturated rings. The number of nitrogens with one attached hydrogen (secondary N) is 3. The molecule has 6 rings (SSSR count). The Morgan fingerprint density at radius 2 is 0.987 bits per heavy atom. The largest absolute Gasteiger partial charge is 0.481 e. The quantitative estimate of drug-likeness (QED) is 0.0140. The van der Waals surface area contributed by atoms with Crippen molar-refractivity contribution in [2.24, 2.45) is 5.92 Å². The van der Waals surface area contributed by atoms with Gasteiger partial charge in [-0.25, -0.2) is 0 Å². The van der Waals surface area contributed by atoms with E-state index in [1.807, 2.05) is 104 Å². The fraction of sp³-hybridized carbons (Fsp3) is 0.354. The first kappa shape index (κ1) is 61.0. The van der Waals surface area contributed by atoms with E-state index in [0.717, 1.165) is 33.4 Å². The van der Waals surface area contributed by atoms with Gasteiger partial charge in [-0.1, -0.05) is 235 Å². The van der Waals surface area contributed by atoms with Gasteiger partial charge in [0.05, 0.1) is 40.6 Å². The number of allylic oxidation sites excluding steroid dienone is 1. The lowest BCUT2D eigenvalue weighted by Gasteiger charge is -2.42. The van der Waals surface area contributed by atoms with Crippen molar-refractivity contribution in [3.05, 3.63) is 228 Å². The maximum absolute atomic E-state index is 15.1. The van der Waals surface area contributed by atoms with Gasteiger partial charge in [-0.3, -0.25) is 19.2 Å². The van der Waals surface area contributed by atoms with Gasteiger partial charge in [0.1, 0.15) is 12.1 Å². The standard InChI is InChI=1S/C65H79N3O7S2Si/c1-9-47(2)60(57(45-59(71)72)75-78(7,8)63(4,5)6)68-62(74)56(46-77-65(52-36-22-13-23-37-52,53-38-24-14-25-39-53)54-40-26-15-27-41-54)67-61(73)48(3)66-58(70)44-55(69)42-28-29-43-76-64(49-30-16-10-17-31-49,50-32-18-11-19-33-50)51-34-20-12-21-35-51/h10-28,30-42,47-48,55-57,60,69H,9,29,43-46H2,1-8H3,(H,66,70)(H,67,73)(H,68,74)(H,71,72)/b42-28+/t47-,48+,55+,56+,57-,60+/m0/s1. The van der Waals surface area contributed by atoms with Crippen LogP contribution in [0.1, 0.15) is 101 Å². The van der Waals surface area contributed by atoms with Gasteiger partial charge in [-0.2, -0.15) is 0 Å². The van der Waals surface area contributed by atoms with E-state index in [0.29, 0.717) is 18.6 Å². The van der Waals surface area contributed by atoms with E-state index in [1.165, 1.54) is 11.8 Å². The minimum Gasteiger partial charge on any atom is -0.481 e. The van der Waals surface area contributed by atoms with Crippen molar-refractivity contribution in [3.63, 3.8) is 0 Å². The number of carbonyl (C=O) groups is 4. The normalized spacial score (nSPS) is 14.6. The zero-order valence-electron chi connectivity index (χ0n) is 46.4. The predicted molar refractivity (Wildman–Crippen MR) is 323 cm³/mol. The molecule has 0 saturated carbocycles. The number of amides is 3. The molecular weight excluding hydrogens is 1030 g/mol. The maximum Gasteiger partial charge on any atom is 0.306 e. The molecule has 0 aliphatic carbocycles. The van der Waals surface area contributed by atoms with Crippen LogP contribution in [0.4, 0.5) is 0 Å². The molecule has 0 unspecified atom stereocenters. The van der Waals surface area contributed by atoms with Crippen LogP contribution >= 0.6 is 23.5 Å². The summed E-state index contributed by atoms with van der Waals surface area (Å²) < 4.78 is 5.50. The summed E-state index contributed by atoms with van der Waals surface area (Å²) in [6, 6.07) is 58.5. The topological polar surface area (TPSA) is 154 Å². The Morgan fingerprint density at radius 1 is 0.590 bits per heavy atom. The maximum atomic E-state index is 15.1. The summed E-state index contributed by atoms with van der Waals surface area (Å²) in [6.07, 6.45) is 2.17. The molecule has 0 aliphatic rings. The van der Waals surface area contributed by atoms with Gasteiger partial charge in [0.25, 0.3) is 0 Å². The van der Waals surface area contributed by atoms with Gasteiger partial charge in [-0.05, 0) is 76.5 Å². The SMILES string of the molecule is CC[C@H](C)[C@@H](NC(=O)[C@@H](CSC(c1ccccc1)(c1ccccc1)c1ccccc1)NC(=O)[C@@H](C)NC(=O)C[C@H](O)/C=C/CCSC(c1ccccc1)(c1ccccc1)c1ccccc1)[C@H](CC(=O)O)O[Si](C)(C)C(C)(C)C. The number of hydrogen-bond acceptors (Lipinski definition) is 8. The third kappa shape index (κ3) is 15.7. The summed E-state index contributed by atoms with van der Waals surface area (Å²) in [5.41, 5.74) is 6.36. The molecule has 0 aliphatic heterocycles. The average Bonchev–Trinajstić information content (AvgIpc) is 3.62. The van der Waals surface area contributed by atoms with Crippen LogP contribution in [-0.4, -0.2) is 84.1 Å². The zero-order chi connectivity index (χ0) is 56.4. The fourth-order valence-electron chi connectivity index (χ4n) is 9.47. The summed E-state index contributed by atoms with van der Waals surface area (Å²) in [7, 11) is -2.56. The monoisotopic (exact) mass is 1110 g/mol. The van der Waals surface area contributed by atoms with E-state index in [1.54, 1.807) is 13.0 Å². The second-order valence-electron chi connectivity index (χ2n) is 21.5. The summed E-state index contributed by atoms with van der Waals surface area (Å²) in [5.74, 6) is -2.11. The van der Waals surface area contributed by atoms with Crippen LogP contribution in [0.3, 0.4) is 0 Å². The zero-order valence-corrected chi connectivity index (χ0v) is 49.1. The summed E-state index contributed by atoms with van der Waals surface area (Å²) in [6.45, 7) is 15.9. The molecule has 13 heteroatoms. The summed E-state index contributed by atoms with van der Waals surface area (Å²) in [4.78, 5) is 55.6. The molecule has 5 N–H and O–H groups in total. The van der Waals surface area contributed by atoms with E-state index < -0.39 is 71.8 Å². The van der Waals surface area contributed by atoms with Crippen LogP contribution in [0.15, 0.2) is 194 Å². The van der Waals surface area contributed by atoms with Crippen LogP contribution in [0.5, 0.6) is 0 Å². The molecule has 6 aromatic rings. The number of thioether (sulfide) groups is 2. The van der Waals surface area contributed by atoms with Gasteiger partial charge in [0.2, 0.25) is 17.7 Å². The second kappa shape index (κ2) is 28.6. The first-order valence-electron chi connectivity index (χ1n) is 27.1. The van der Waals surface area contributed by atoms with Gasteiger partial charge in [-0.15, -0.1) is 23.5 Å². The lowest BCUT2D eigenvalue weighted by atomic mass is 9.84. The summed E-state index contributed by atoms with van der Waals surface area (Å²) in [5, 5.41) is 30.1.